The van der Waals surface area contributed by atoms with Crippen LogP contribution in [0.3, 0.4) is 0 Å². The average molecular weight is 244 g/mol. The Morgan fingerprint density at radius 1 is 1.11 bits per heavy atom. The number of aromatic nitrogens is 4. The molecule has 3 rings (SSSR count). The van der Waals surface area contributed by atoms with E-state index in [2.05, 4.69) is 28.1 Å². The standard InChI is InChI=1S/C14H20N4/c1-14(7-5-3-2-4-6-8-14)12-9-13-16-10-15-11-18(13)17-12/h9-11H,2-8H2,1H3. The molecular formula is C14H20N4. The third-order valence-corrected chi connectivity index (χ3v) is 4.22. The zero-order chi connectivity index (χ0) is 12.4. The Hall–Kier alpha value is -1.45. The second-order valence-corrected chi connectivity index (χ2v) is 5.67. The monoisotopic (exact) mass is 244 g/mol. The van der Waals surface area contributed by atoms with Crippen LogP contribution in [-0.2, 0) is 5.41 Å². The number of hydrogen-bond donors (Lipinski definition) is 0. The molecule has 0 aromatic carbocycles. The van der Waals surface area contributed by atoms with E-state index in [9.17, 15) is 0 Å². The van der Waals surface area contributed by atoms with Gasteiger partial charge in [-0.3, -0.25) is 0 Å². The molecule has 96 valence electrons. The highest BCUT2D eigenvalue weighted by Gasteiger charge is 2.29. The Kier molecular flexibility index (Phi) is 3.02. The molecule has 4 nitrogen and oxygen atoms in total. The summed E-state index contributed by atoms with van der Waals surface area (Å²) in [5, 5.41) is 4.67. The summed E-state index contributed by atoms with van der Waals surface area (Å²) in [6.07, 6.45) is 12.6. The first-order valence-corrected chi connectivity index (χ1v) is 6.94. The second-order valence-electron chi connectivity index (χ2n) is 5.67. The van der Waals surface area contributed by atoms with Gasteiger partial charge in [0.2, 0.25) is 0 Å². The Bertz CT molecular complexity index is 490. The lowest BCUT2D eigenvalue weighted by molar-refractivity contribution is 0.332. The maximum absolute atomic E-state index is 4.67. The minimum atomic E-state index is 0.216. The zero-order valence-corrected chi connectivity index (χ0v) is 11.0. The van der Waals surface area contributed by atoms with Crippen LogP contribution in [0, 0.1) is 0 Å². The number of hydrogen-bond acceptors (Lipinski definition) is 3. The number of rotatable bonds is 1. The highest BCUT2D eigenvalue weighted by molar-refractivity contribution is 5.39. The van der Waals surface area contributed by atoms with E-state index in [1.54, 1.807) is 17.2 Å². The molecule has 0 unspecified atom stereocenters. The highest BCUT2D eigenvalue weighted by atomic mass is 15.3. The highest BCUT2D eigenvalue weighted by Crippen LogP contribution is 2.36. The first-order valence-electron chi connectivity index (χ1n) is 6.94. The smallest absolute Gasteiger partial charge is 0.158 e. The van der Waals surface area contributed by atoms with E-state index in [1.807, 2.05) is 0 Å². The van der Waals surface area contributed by atoms with E-state index in [0.29, 0.717) is 0 Å². The van der Waals surface area contributed by atoms with Gasteiger partial charge in [-0.05, 0) is 12.8 Å². The van der Waals surface area contributed by atoms with Crippen molar-refractivity contribution in [1.29, 1.82) is 0 Å². The van der Waals surface area contributed by atoms with Gasteiger partial charge >= 0.3 is 0 Å². The topological polar surface area (TPSA) is 43.1 Å². The number of fused-ring (bicyclic) bond motifs is 1. The molecule has 0 aliphatic heterocycles. The summed E-state index contributed by atoms with van der Waals surface area (Å²) in [6.45, 7) is 2.35. The predicted molar refractivity (Wildman–Crippen MR) is 70.5 cm³/mol. The molecule has 4 heteroatoms. The Morgan fingerprint density at radius 2 is 1.83 bits per heavy atom. The summed E-state index contributed by atoms with van der Waals surface area (Å²) < 4.78 is 1.79. The van der Waals surface area contributed by atoms with Crippen molar-refractivity contribution in [2.45, 2.75) is 57.3 Å². The number of nitrogens with zero attached hydrogens (tertiary/aromatic N) is 4. The molecule has 0 bridgehead atoms. The zero-order valence-electron chi connectivity index (χ0n) is 11.0. The van der Waals surface area contributed by atoms with Crippen LogP contribution in [0.4, 0.5) is 0 Å². The van der Waals surface area contributed by atoms with Crippen molar-refractivity contribution >= 4 is 5.65 Å². The molecule has 0 N–H and O–H groups in total. The minimum Gasteiger partial charge on any atom is -0.225 e. The summed E-state index contributed by atoms with van der Waals surface area (Å²) in [4.78, 5) is 8.28. The molecule has 0 amide bonds. The van der Waals surface area contributed by atoms with Gasteiger partial charge in [0.1, 0.15) is 12.7 Å². The van der Waals surface area contributed by atoms with Gasteiger partial charge in [0.15, 0.2) is 5.65 Å². The van der Waals surface area contributed by atoms with Crippen molar-refractivity contribution in [3.63, 3.8) is 0 Å². The van der Waals surface area contributed by atoms with Crippen molar-refractivity contribution in [3.8, 4) is 0 Å². The Balaban J connectivity index is 1.95. The van der Waals surface area contributed by atoms with Crippen LogP contribution in [0.25, 0.3) is 5.65 Å². The lowest BCUT2D eigenvalue weighted by Gasteiger charge is -2.29. The Morgan fingerprint density at radius 3 is 2.56 bits per heavy atom. The average Bonchev–Trinajstić information content (AvgIpc) is 2.78. The van der Waals surface area contributed by atoms with Crippen molar-refractivity contribution in [1.82, 2.24) is 19.6 Å². The maximum Gasteiger partial charge on any atom is 0.158 e. The van der Waals surface area contributed by atoms with Gasteiger partial charge in [0.05, 0.1) is 5.69 Å². The summed E-state index contributed by atoms with van der Waals surface area (Å²) in [5.41, 5.74) is 2.31. The third-order valence-electron chi connectivity index (χ3n) is 4.22. The fourth-order valence-corrected chi connectivity index (χ4v) is 2.99. The van der Waals surface area contributed by atoms with E-state index in [4.69, 9.17) is 0 Å². The largest absolute Gasteiger partial charge is 0.225 e. The lowest BCUT2D eigenvalue weighted by Crippen LogP contribution is -2.23. The van der Waals surface area contributed by atoms with Gasteiger partial charge in [-0.1, -0.05) is 39.0 Å². The molecule has 1 saturated carbocycles. The predicted octanol–water partition coefficient (Wildman–Crippen LogP) is 3.13. The van der Waals surface area contributed by atoms with Gasteiger partial charge in [-0.15, -0.1) is 0 Å². The van der Waals surface area contributed by atoms with E-state index >= 15 is 0 Å². The molecule has 0 radical (unpaired) electrons. The summed E-state index contributed by atoms with van der Waals surface area (Å²) in [5.74, 6) is 0. The molecule has 2 heterocycles. The van der Waals surface area contributed by atoms with Crippen molar-refractivity contribution in [2.75, 3.05) is 0 Å². The fraction of sp³-hybridized carbons (Fsp3) is 0.643. The van der Waals surface area contributed by atoms with Crippen LogP contribution in [0.5, 0.6) is 0 Å². The molecule has 1 fully saturated rings. The summed E-state index contributed by atoms with van der Waals surface area (Å²) in [7, 11) is 0. The first-order chi connectivity index (χ1) is 8.78. The van der Waals surface area contributed by atoms with E-state index in [0.717, 1.165) is 5.65 Å². The molecule has 0 spiro atoms. The van der Waals surface area contributed by atoms with Crippen LogP contribution in [-0.4, -0.2) is 19.6 Å². The van der Waals surface area contributed by atoms with E-state index in [-0.39, 0.29) is 5.41 Å². The molecule has 2 aromatic heterocycles. The quantitative estimate of drug-likeness (QED) is 0.774. The molecule has 1 aliphatic rings. The van der Waals surface area contributed by atoms with Gasteiger partial charge < -0.3 is 0 Å². The van der Waals surface area contributed by atoms with Crippen LogP contribution < -0.4 is 0 Å². The van der Waals surface area contributed by atoms with Gasteiger partial charge in [0.25, 0.3) is 0 Å². The third kappa shape index (κ3) is 2.11. The lowest BCUT2D eigenvalue weighted by atomic mass is 9.75. The molecular weight excluding hydrogens is 224 g/mol. The van der Waals surface area contributed by atoms with Crippen molar-refractivity contribution in [3.05, 3.63) is 24.4 Å². The molecule has 1 aliphatic carbocycles. The van der Waals surface area contributed by atoms with Gasteiger partial charge in [0, 0.05) is 11.5 Å². The van der Waals surface area contributed by atoms with E-state index in [1.165, 1.54) is 50.6 Å². The second kappa shape index (κ2) is 4.67. The van der Waals surface area contributed by atoms with E-state index < -0.39 is 0 Å². The molecule has 2 aromatic rings. The SMILES string of the molecule is CC1(c2cc3ncncn3n2)CCCCCCC1. The fourth-order valence-electron chi connectivity index (χ4n) is 2.99. The normalized spacial score (nSPS) is 20.5. The van der Waals surface area contributed by atoms with Crippen LogP contribution >= 0.6 is 0 Å². The summed E-state index contributed by atoms with van der Waals surface area (Å²) in [6, 6.07) is 2.13. The maximum atomic E-state index is 4.67. The van der Waals surface area contributed by atoms with Crippen molar-refractivity contribution in [2.24, 2.45) is 0 Å². The van der Waals surface area contributed by atoms with Crippen LogP contribution in [0.2, 0.25) is 0 Å². The van der Waals surface area contributed by atoms with Crippen LogP contribution in [0.1, 0.15) is 57.6 Å². The summed E-state index contributed by atoms with van der Waals surface area (Å²) >= 11 is 0. The minimum absolute atomic E-state index is 0.216. The molecule has 0 atom stereocenters. The van der Waals surface area contributed by atoms with Gasteiger partial charge in [-0.25, -0.2) is 14.5 Å². The molecule has 18 heavy (non-hydrogen) atoms. The molecule has 0 saturated heterocycles. The Labute approximate surface area is 107 Å². The first kappa shape index (κ1) is 11.6. The van der Waals surface area contributed by atoms with Gasteiger partial charge in [-0.2, -0.15) is 5.10 Å². The van der Waals surface area contributed by atoms with Crippen LogP contribution in [0.15, 0.2) is 18.7 Å². The van der Waals surface area contributed by atoms with Crippen molar-refractivity contribution < 1.29 is 0 Å².